The lowest BCUT2D eigenvalue weighted by Crippen LogP contribution is -2.35. The van der Waals surface area contributed by atoms with Crippen LogP contribution in [-0.2, 0) is 4.79 Å². The van der Waals surface area contributed by atoms with Crippen LogP contribution in [0.5, 0.6) is 0 Å². The molecule has 0 aliphatic carbocycles. The number of aliphatic hydroxyl groups is 1. The van der Waals surface area contributed by atoms with Crippen LogP contribution in [0, 0.1) is 0 Å². The number of hydrogen-bond donors (Lipinski definition) is 2. The normalized spacial score (nSPS) is 23.2. The van der Waals surface area contributed by atoms with E-state index in [4.69, 9.17) is 5.11 Å². The SMILES string of the molecule is CCCCN1C(=O)NC(=O)[C@@H]1O. The number of carbonyl (C=O) groups excluding carboxylic acids is 2. The number of hydrogen-bond acceptors (Lipinski definition) is 3. The van der Waals surface area contributed by atoms with E-state index in [1.54, 1.807) is 0 Å². The van der Waals surface area contributed by atoms with Gasteiger partial charge in [-0.2, -0.15) is 0 Å². The van der Waals surface area contributed by atoms with Crippen LogP contribution in [0.4, 0.5) is 4.79 Å². The van der Waals surface area contributed by atoms with Crippen LogP contribution < -0.4 is 5.32 Å². The van der Waals surface area contributed by atoms with Gasteiger partial charge in [0.15, 0.2) is 0 Å². The number of rotatable bonds is 3. The summed E-state index contributed by atoms with van der Waals surface area (Å²) in [6.45, 7) is 2.40. The number of nitrogens with zero attached hydrogens (tertiary/aromatic N) is 1. The first-order valence-corrected chi connectivity index (χ1v) is 3.96. The molecule has 0 bridgehead atoms. The Kier molecular flexibility index (Phi) is 2.65. The zero-order valence-corrected chi connectivity index (χ0v) is 6.91. The van der Waals surface area contributed by atoms with E-state index >= 15 is 0 Å². The highest BCUT2D eigenvalue weighted by atomic mass is 16.3. The van der Waals surface area contributed by atoms with Crippen LogP contribution in [0.2, 0.25) is 0 Å². The maximum Gasteiger partial charge on any atom is 0.326 e. The Balaban J connectivity index is 2.51. The molecule has 1 aliphatic rings. The van der Waals surface area contributed by atoms with Crippen molar-refractivity contribution >= 4 is 11.9 Å². The predicted molar refractivity (Wildman–Crippen MR) is 41.2 cm³/mol. The van der Waals surface area contributed by atoms with Gasteiger partial charge in [0, 0.05) is 6.54 Å². The molecule has 0 saturated carbocycles. The Morgan fingerprint density at radius 2 is 2.25 bits per heavy atom. The summed E-state index contributed by atoms with van der Waals surface area (Å²) in [5.74, 6) is -0.629. The largest absolute Gasteiger partial charge is 0.365 e. The Labute approximate surface area is 70.4 Å². The van der Waals surface area contributed by atoms with Gasteiger partial charge in [0.05, 0.1) is 0 Å². The van der Waals surface area contributed by atoms with E-state index < -0.39 is 18.2 Å². The molecule has 1 atom stereocenters. The van der Waals surface area contributed by atoms with Crippen molar-refractivity contribution in [2.45, 2.75) is 26.0 Å². The van der Waals surface area contributed by atoms with Crippen molar-refractivity contribution in [2.75, 3.05) is 6.54 Å². The number of imide groups is 1. The molecule has 1 aliphatic heterocycles. The first-order chi connectivity index (χ1) is 5.66. The van der Waals surface area contributed by atoms with E-state index in [1.807, 2.05) is 12.2 Å². The second-order valence-electron chi connectivity index (χ2n) is 2.72. The fourth-order valence-corrected chi connectivity index (χ4v) is 1.05. The van der Waals surface area contributed by atoms with Crippen molar-refractivity contribution in [3.8, 4) is 0 Å². The zero-order chi connectivity index (χ0) is 9.14. The molecule has 12 heavy (non-hydrogen) atoms. The molecule has 0 aromatic rings. The molecule has 5 heteroatoms. The summed E-state index contributed by atoms with van der Waals surface area (Å²) in [5, 5.41) is 11.2. The molecule has 2 N–H and O–H groups in total. The number of amides is 3. The molecule has 1 saturated heterocycles. The van der Waals surface area contributed by atoms with Crippen molar-refractivity contribution in [3.05, 3.63) is 0 Å². The van der Waals surface area contributed by atoms with Crippen molar-refractivity contribution in [1.29, 1.82) is 0 Å². The van der Waals surface area contributed by atoms with Gasteiger partial charge >= 0.3 is 6.03 Å². The third-order valence-electron chi connectivity index (χ3n) is 1.77. The second kappa shape index (κ2) is 3.53. The summed E-state index contributed by atoms with van der Waals surface area (Å²) in [4.78, 5) is 22.8. The Morgan fingerprint density at radius 3 is 2.67 bits per heavy atom. The highest BCUT2D eigenvalue weighted by Crippen LogP contribution is 2.06. The molecule has 0 aromatic carbocycles. The standard InChI is InChI=1S/C7H12N2O3/c1-2-3-4-9-6(11)5(10)8-7(9)12/h6,11H,2-4H2,1H3,(H,8,10,12)/t6-/m0/s1. The lowest BCUT2D eigenvalue weighted by molar-refractivity contribution is -0.130. The number of unbranched alkanes of at least 4 members (excludes halogenated alkanes) is 1. The van der Waals surface area contributed by atoms with Crippen molar-refractivity contribution < 1.29 is 14.7 Å². The van der Waals surface area contributed by atoms with Gasteiger partial charge in [0.2, 0.25) is 6.23 Å². The maximum atomic E-state index is 10.9. The fraction of sp³-hybridized carbons (Fsp3) is 0.714. The number of aliphatic hydroxyl groups excluding tert-OH is 1. The highest BCUT2D eigenvalue weighted by Gasteiger charge is 2.35. The Hall–Kier alpha value is -1.10. The van der Waals surface area contributed by atoms with Gasteiger partial charge in [-0.05, 0) is 6.42 Å². The van der Waals surface area contributed by atoms with Crippen LogP contribution in [0.1, 0.15) is 19.8 Å². The molecular formula is C7H12N2O3. The first kappa shape index (κ1) is 8.99. The highest BCUT2D eigenvalue weighted by molar-refractivity contribution is 6.03. The van der Waals surface area contributed by atoms with Gasteiger partial charge < -0.3 is 5.11 Å². The predicted octanol–water partition coefficient (Wildman–Crippen LogP) is -0.343. The molecule has 1 rings (SSSR count). The fourth-order valence-electron chi connectivity index (χ4n) is 1.05. The minimum atomic E-state index is -1.29. The van der Waals surface area contributed by atoms with Gasteiger partial charge in [-0.15, -0.1) is 0 Å². The van der Waals surface area contributed by atoms with Gasteiger partial charge in [0.25, 0.3) is 5.91 Å². The van der Waals surface area contributed by atoms with Gasteiger partial charge in [-0.25, -0.2) is 4.79 Å². The smallest absolute Gasteiger partial charge is 0.326 e. The van der Waals surface area contributed by atoms with Crippen molar-refractivity contribution in [3.63, 3.8) is 0 Å². The molecule has 3 amide bonds. The van der Waals surface area contributed by atoms with E-state index in [2.05, 4.69) is 0 Å². The van der Waals surface area contributed by atoms with Gasteiger partial charge in [-0.3, -0.25) is 15.0 Å². The molecule has 1 heterocycles. The Morgan fingerprint density at radius 1 is 1.58 bits per heavy atom. The molecule has 1 fully saturated rings. The lowest BCUT2D eigenvalue weighted by Gasteiger charge is -2.15. The minimum absolute atomic E-state index is 0.426. The van der Waals surface area contributed by atoms with Crippen LogP contribution in [0.15, 0.2) is 0 Å². The van der Waals surface area contributed by atoms with E-state index in [9.17, 15) is 9.59 Å². The zero-order valence-electron chi connectivity index (χ0n) is 6.91. The third kappa shape index (κ3) is 1.55. The molecule has 5 nitrogen and oxygen atoms in total. The quantitative estimate of drug-likeness (QED) is 0.572. The summed E-state index contributed by atoms with van der Waals surface area (Å²) in [6, 6.07) is -0.499. The summed E-state index contributed by atoms with van der Waals surface area (Å²) in [7, 11) is 0. The summed E-state index contributed by atoms with van der Waals surface area (Å²) < 4.78 is 0. The van der Waals surface area contributed by atoms with Crippen LogP contribution >= 0.6 is 0 Å². The maximum absolute atomic E-state index is 10.9. The Bertz CT molecular complexity index is 205. The van der Waals surface area contributed by atoms with E-state index in [0.29, 0.717) is 6.54 Å². The summed E-state index contributed by atoms with van der Waals surface area (Å²) in [5.41, 5.74) is 0. The summed E-state index contributed by atoms with van der Waals surface area (Å²) >= 11 is 0. The molecular weight excluding hydrogens is 160 g/mol. The van der Waals surface area contributed by atoms with Crippen LogP contribution in [0.25, 0.3) is 0 Å². The third-order valence-corrected chi connectivity index (χ3v) is 1.77. The topological polar surface area (TPSA) is 69.6 Å². The number of nitrogens with one attached hydrogen (secondary N) is 1. The lowest BCUT2D eigenvalue weighted by atomic mass is 10.3. The average molecular weight is 172 g/mol. The van der Waals surface area contributed by atoms with Gasteiger partial charge in [-0.1, -0.05) is 13.3 Å². The van der Waals surface area contributed by atoms with Crippen LogP contribution in [0.3, 0.4) is 0 Å². The summed E-state index contributed by atoms with van der Waals surface area (Å²) in [6.07, 6.45) is 0.423. The van der Waals surface area contributed by atoms with E-state index in [-0.39, 0.29) is 0 Å². The molecule has 0 unspecified atom stereocenters. The van der Waals surface area contributed by atoms with Crippen LogP contribution in [-0.4, -0.2) is 34.7 Å². The van der Waals surface area contributed by atoms with Gasteiger partial charge in [0.1, 0.15) is 0 Å². The van der Waals surface area contributed by atoms with E-state index in [0.717, 1.165) is 17.7 Å². The average Bonchev–Trinajstić information content (AvgIpc) is 2.25. The second-order valence-corrected chi connectivity index (χ2v) is 2.72. The van der Waals surface area contributed by atoms with Crippen molar-refractivity contribution in [1.82, 2.24) is 10.2 Å². The number of carbonyl (C=O) groups is 2. The molecule has 0 radical (unpaired) electrons. The molecule has 0 spiro atoms. The first-order valence-electron chi connectivity index (χ1n) is 3.96. The number of urea groups is 1. The monoisotopic (exact) mass is 172 g/mol. The molecule has 68 valence electrons. The van der Waals surface area contributed by atoms with E-state index in [1.165, 1.54) is 0 Å². The molecule has 0 aromatic heterocycles. The minimum Gasteiger partial charge on any atom is -0.365 e. The van der Waals surface area contributed by atoms with Crippen molar-refractivity contribution in [2.24, 2.45) is 0 Å².